The van der Waals surface area contributed by atoms with E-state index in [0.29, 0.717) is 5.56 Å². The van der Waals surface area contributed by atoms with Gasteiger partial charge in [-0.25, -0.2) is 0 Å². The van der Waals surface area contributed by atoms with Crippen molar-refractivity contribution in [3.05, 3.63) is 99.6 Å². The molecule has 0 heterocycles. The summed E-state index contributed by atoms with van der Waals surface area (Å²) in [7, 11) is 0. The van der Waals surface area contributed by atoms with Gasteiger partial charge < -0.3 is 10.1 Å². The van der Waals surface area contributed by atoms with Gasteiger partial charge in [-0.05, 0) is 18.2 Å². The first-order chi connectivity index (χ1) is 14.4. The molecule has 8 nitrogen and oxygen atoms in total. The standard InChI is InChI=1S/C22H16N2O6/c1-14(25)30-19-13-7-12-18(24(28)29)20(19)22(27)23-17-11-6-5-10-16(17)21(26)15-8-3-2-4-9-15/h2-13H,1H3,(H,23,27). The van der Waals surface area contributed by atoms with Gasteiger partial charge in [-0.2, -0.15) is 0 Å². The summed E-state index contributed by atoms with van der Waals surface area (Å²) in [5.41, 5.74) is -0.142. The quantitative estimate of drug-likeness (QED) is 0.218. The molecule has 0 saturated carbocycles. The Bertz CT molecular complexity index is 1140. The van der Waals surface area contributed by atoms with E-state index in [1.807, 2.05) is 0 Å². The van der Waals surface area contributed by atoms with Crippen LogP contribution in [0.4, 0.5) is 11.4 Å². The highest BCUT2D eigenvalue weighted by molar-refractivity contribution is 6.16. The average Bonchev–Trinajstić information content (AvgIpc) is 2.73. The van der Waals surface area contributed by atoms with Crippen LogP contribution in [0, 0.1) is 10.1 Å². The average molecular weight is 404 g/mol. The number of nitro benzene ring substituents is 1. The maximum absolute atomic E-state index is 12.9. The van der Waals surface area contributed by atoms with E-state index in [-0.39, 0.29) is 22.8 Å². The number of nitrogens with zero attached hydrogens (tertiary/aromatic N) is 1. The third kappa shape index (κ3) is 4.39. The summed E-state index contributed by atoms with van der Waals surface area (Å²) in [5, 5.41) is 13.9. The minimum atomic E-state index is -0.883. The zero-order valence-electron chi connectivity index (χ0n) is 15.8. The normalized spacial score (nSPS) is 10.2. The second kappa shape index (κ2) is 8.78. The number of carbonyl (C=O) groups is 3. The zero-order valence-corrected chi connectivity index (χ0v) is 15.8. The Hall–Kier alpha value is -4.33. The lowest BCUT2D eigenvalue weighted by molar-refractivity contribution is -0.385. The molecular weight excluding hydrogens is 388 g/mol. The van der Waals surface area contributed by atoms with E-state index in [1.165, 1.54) is 24.3 Å². The molecule has 0 atom stereocenters. The molecule has 3 aromatic carbocycles. The van der Waals surface area contributed by atoms with Crippen molar-refractivity contribution in [3.8, 4) is 5.75 Å². The lowest BCUT2D eigenvalue weighted by Crippen LogP contribution is -2.18. The second-order valence-electron chi connectivity index (χ2n) is 6.20. The van der Waals surface area contributed by atoms with E-state index in [9.17, 15) is 24.5 Å². The Morgan fingerprint density at radius 1 is 0.900 bits per heavy atom. The van der Waals surface area contributed by atoms with Gasteiger partial charge in [0.1, 0.15) is 0 Å². The Labute approximate surface area is 171 Å². The number of rotatable bonds is 6. The molecule has 0 bridgehead atoms. The fraction of sp³-hybridized carbons (Fsp3) is 0.0455. The molecule has 150 valence electrons. The van der Waals surface area contributed by atoms with Gasteiger partial charge in [0, 0.05) is 24.1 Å². The van der Waals surface area contributed by atoms with Crippen molar-refractivity contribution in [2.45, 2.75) is 6.92 Å². The summed E-state index contributed by atoms with van der Waals surface area (Å²) in [5.74, 6) is -2.19. The Balaban J connectivity index is 2.01. The molecule has 0 fully saturated rings. The first-order valence-electron chi connectivity index (χ1n) is 8.84. The van der Waals surface area contributed by atoms with Crippen molar-refractivity contribution in [1.29, 1.82) is 0 Å². The molecular formula is C22H16N2O6. The molecule has 0 aromatic heterocycles. The van der Waals surface area contributed by atoms with Crippen LogP contribution >= 0.6 is 0 Å². The Morgan fingerprint density at radius 2 is 1.57 bits per heavy atom. The van der Waals surface area contributed by atoms with Gasteiger partial charge >= 0.3 is 5.97 Å². The van der Waals surface area contributed by atoms with Crippen LogP contribution in [0.2, 0.25) is 0 Å². The number of benzene rings is 3. The number of anilines is 1. The molecule has 0 spiro atoms. The third-order valence-corrected chi connectivity index (χ3v) is 4.14. The molecule has 0 aliphatic carbocycles. The van der Waals surface area contributed by atoms with Crippen LogP contribution in [0.15, 0.2) is 72.8 Å². The molecule has 30 heavy (non-hydrogen) atoms. The first kappa shape index (κ1) is 20.4. The Morgan fingerprint density at radius 3 is 2.23 bits per heavy atom. The maximum atomic E-state index is 12.9. The van der Waals surface area contributed by atoms with Gasteiger partial charge in [0.15, 0.2) is 17.1 Å². The van der Waals surface area contributed by atoms with Gasteiger partial charge in [-0.15, -0.1) is 0 Å². The van der Waals surface area contributed by atoms with E-state index in [0.717, 1.165) is 13.0 Å². The lowest BCUT2D eigenvalue weighted by atomic mass is 10.0. The lowest BCUT2D eigenvalue weighted by Gasteiger charge is -2.13. The molecule has 3 rings (SSSR count). The maximum Gasteiger partial charge on any atom is 0.308 e. The van der Waals surface area contributed by atoms with E-state index in [4.69, 9.17) is 4.74 Å². The highest BCUT2D eigenvalue weighted by atomic mass is 16.6. The SMILES string of the molecule is CC(=O)Oc1cccc([N+](=O)[O-])c1C(=O)Nc1ccccc1C(=O)c1ccccc1. The summed E-state index contributed by atoms with van der Waals surface area (Å²) in [4.78, 5) is 47.8. The van der Waals surface area contributed by atoms with Crippen LogP contribution in [0.1, 0.15) is 33.2 Å². The number of ketones is 1. The van der Waals surface area contributed by atoms with Crippen molar-refractivity contribution >= 4 is 29.0 Å². The first-order valence-corrected chi connectivity index (χ1v) is 8.84. The fourth-order valence-corrected chi connectivity index (χ4v) is 2.86. The number of para-hydroxylation sites is 1. The number of hydrogen-bond donors (Lipinski definition) is 1. The van der Waals surface area contributed by atoms with Gasteiger partial charge in [0.2, 0.25) is 0 Å². The van der Waals surface area contributed by atoms with Crippen molar-refractivity contribution in [1.82, 2.24) is 0 Å². The van der Waals surface area contributed by atoms with E-state index >= 15 is 0 Å². The van der Waals surface area contributed by atoms with Crippen molar-refractivity contribution in [2.75, 3.05) is 5.32 Å². The van der Waals surface area contributed by atoms with Crippen LogP contribution in [0.3, 0.4) is 0 Å². The second-order valence-corrected chi connectivity index (χ2v) is 6.20. The predicted octanol–water partition coefficient (Wildman–Crippen LogP) is 4.00. The van der Waals surface area contributed by atoms with Crippen molar-refractivity contribution in [2.24, 2.45) is 0 Å². The summed E-state index contributed by atoms with van der Waals surface area (Å²) in [6.07, 6.45) is 0. The monoisotopic (exact) mass is 404 g/mol. The number of ether oxygens (including phenoxy) is 1. The number of amides is 1. The zero-order chi connectivity index (χ0) is 21.7. The van der Waals surface area contributed by atoms with E-state index < -0.39 is 28.1 Å². The Kier molecular flexibility index (Phi) is 5.97. The molecule has 0 aliphatic heterocycles. The fourth-order valence-electron chi connectivity index (χ4n) is 2.86. The van der Waals surface area contributed by atoms with E-state index in [2.05, 4.69) is 5.32 Å². The highest BCUT2D eigenvalue weighted by Crippen LogP contribution is 2.30. The minimum absolute atomic E-state index is 0.170. The molecule has 1 N–H and O–H groups in total. The number of esters is 1. The third-order valence-electron chi connectivity index (χ3n) is 4.14. The predicted molar refractivity (Wildman–Crippen MR) is 109 cm³/mol. The summed E-state index contributed by atoms with van der Waals surface area (Å²) in [6, 6.07) is 18.5. The number of nitro groups is 1. The number of hydrogen-bond acceptors (Lipinski definition) is 6. The summed E-state index contributed by atoms with van der Waals surface area (Å²) in [6.45, 7) is 1.12. The van der Waals surface area contributed by atoms with Crippen LogP contribution in [-0.4, -0.2) is 22.6 Å². The van der Waals surface area contributed by atoms with Gasteiger partial charge in [0.05, 0.1) is 10.6 Å². The summed E-state index contributed by atoms with van der Waals surface area (Å²) < 4.78 is 4.97. The van der Waals surface area contributed by atoms with Gasteiger partial charge in [0.25, 0.3) is 11.6 Å². The molecule has 0 unspecified atom stereocenters. The van der Waals surface area contributed by atoms with Crippen LogP contribution in [0.25, 0.3) is 0 Å². The smallest absolute Gasteiger partial charge is 0.308 e. The molecule has 1 amide bonds. The van der Waals surface area contributed by atoms with Gasteiger partial charge in [-0.1, -0.05) is 48.5 Å². The van der Waals surface area contributed by atoms with E-state index in [1.54, 1.807) is 42.5 Å². The van der Waals surface area contributed by atoms with Crippen LogP contribution < -0.4 is 10.1 Å². The highest BCUT2D eigenvalue weighted by Gasteiger charge is 2.27. The van der Waals surface area contributed by atoms with Crippen molar-refractivity contribution < 1.29 is 24.0 Å². The molecule has 0 aliphatic rings. The summed E-state index contributed by atoms with van der Waals surface area (Å²) >= 11 is 0. The van der Waals surface area contributed by atoms with Crippen molar-refractivity contribution in [3.63, 3.8) is 0 Å². The number of carbonyl (C=O) groups excluding carboxylic acids is 3. The van der Waals surface area contributed by atoms with Crippen LogP contribution in [0.5, 0.6) is 5.75 Å². The number of nitrogens with one attached hydrogen (secondary N) is 1. The molecule has 0 saturated heterocycles. The topological polar surface area (TPSA) is 116 Å². The largest absolute Gasteiger partial charge is 0.426 e. The molecule has 8 heteroatoms. The molecule has 0 radical (unpaired) electrons. The minimum Gasteiger partial charge on any atom is -0.426 e. The molecule has 3 aromatic rings. The van der Waals surface area contributed by atoms with Gasteiger partial charge in [-0.3, -0.25) is 24.5 Å². The van der Waals surface area contributed by atoms with Crippen LogP contribution in [-0.2, 0) is 4.79 Å².